The van der Waals surface area contributed by atoms with Gasteiger partial charge in [0.2, 0.25) is 5.52 Å². The minimum atomic E-state index is -0.806. The molecule has 76 valence electrons. The van der Waals surface area contributed by atoms with Crippen LogP contribution in [0.3, 0.4) is 0 Å². The molecule has 0 aliphatic carbocycles. The van der Waals surface area contributed by atoms with E-state index in [1.807, 2.05) is 0 Å². The molecule has 0 fully saturated rings. The molecule has 0 N–H and O–H groups in total. The predicted octanol–water partition coefficient (Wildman–Crippen LogP) is 0.379. The van der Waals surface area contributed by atoms with E-state index in [0.717, 1.165) is 0 Å². The van der Waals surface area contributed by atoms with Crippen LogP contribution in [-0.4, -0.2) is 25.1 Å². The lowest BCUT2D eigenvalue weighted by molar-refractivity contribution is -0.549. The summed E-state index contributed by atoms with van der Waals surface area (Å²) >= 11 is 0. The molecule has 1 heterocycles. The van der Waals surface area contributed by atoms with Crippen molar-refractivity contribution in [3.8, 4) is 0 Å². The van der Waals surface area contributed by atoms with E-state index in [4.69, 9.17) is 0 Å². The van der Waals surface area contributed by atoms with E-state index < -0.39 is 9.96 Å². The van der Waals surface area contributed by atoms with Gasteiger partial charge in [-0.3, -0.25) is 10.1 Å². The van der Waals surface area contributed by atoms with Crippen molar-refractivity contribution < 1.29 is 9.96 Å². The summed E-state index contributed by atoms with van der Waals surface area (Å²) < 4.78 is 0. The standard InChI is InChI=1S/C6H3N5O4/c12-10(13)5-3-1-2-4-6(5)7-8-9(4)11(14)15/h1-3H. The van der Waals surface area contributed by atoms with E-state index in [1.165, 1.54) is 18.2 Å². The van der Waals surface area contributed by atoms with E-state index in [1.54, 1.807) is 0 Å². The maximum Gasteiger partial charge on any atom is 0.301 e. The number of fused-ring (bicyclic) bond motifs is 1. The van der Waals surface area contributed by atoms with Crippen molar-refractivity contribution in [3.63, 3.8) is 0 Å². The first kappa shape index (κ1) is 8.99. The Morgan fingerprint density at radius 1 is 1.27 bits per heavy atom. The average Bonchev–Trinajstić information content (AvgIpc) is 2.59. The van der Waals surface area contributed by atoms with Crippen molar-refractivity contribution in [2.45, 2.75) is 0 Å². The zero-order chi connectivity index (χ0) is 11.0. The lowest BCUT2D eigenvalue weighted by Crippen LogP contribution is -2.09. The van der Waals surface area contributed by atoms with Crippen LogP contribution in [0.25, 0.3) is 11.0 Å². The molecule has 1 aromatic carbocycles. The third kappa shape index (κ3) is 1.25. The van der Waals surface area contributed by atoms with Crippen LogP contribution in [-0.2, 0) is 0 Å². The molecule has 9 nitrogen and oxygen atoms in total. The summed E-state index contributed by atoms with van der Waals surface area (Å²) in [5.74, 6) is 0. The highest BCUT2D eigenvalue weighted by Crippen LogP contribution is 2.22. The molecule has 0 aliphatic rings. The van der Waals surface area contributed by atoms with Gasteiger partial charge in [-0.25, -0.2) is 0 Å². The van der Waals surface area contributed by atoms with Gasteiger partial charge in [0.25, 0.3) is 0 Å². The summed E-state index contributed by atoms with van der Waals surface area (Å²) in [7, 11) is 0. The van der Waals surface area contributed by atoms with Crippen LogP contribution < -0.4 is 0 Å². The van der Waals surface area contributed by atoms with Crippen LogP contribution in [0.5, 0.6) is 0 Å². The number of nitrogens with zero attached hydrogens (tertiary/aromatic N) is 5. The normalized spacial score (nSPS) is 10.4. The van der Waals surface area contributed by atoms with E-state index in [0.29, 0.717) is 4.79 Å². The largest absolute Gasteiger partial charge is 0.339 e. The molecule has 0 radical (unpaired) electrons. The number of hydrogen-bond donors (Lipinski definition) is 0. The van der Waals surface area contributed by atoms with Crippen LogP contribution in [0.4, 0.5) is 5.69 Å². The fourth-order valence-corrected chi connectivity index (χ4v) is 1.19. The Balaban J connectivity index is 2.80. The Morgan fingerprint density at radius 2 is 2.00 bits per heavy atom. The van der Waals surface area contributed by atoms with Gasteiger partial charge in [0, 0.05) is 6.07 Å². The second kappa shape index (κ2) is 2.97. The maximum absolute atomic E-state index is 10.6. The molecule has 0 unspecified atom stereocenters. The van der Waals surface area contributed by atoms with Crippen LogP contribution in [0.15, 0.2) is 18.2 Å². The highest BCUT2D eigenvalue weighted by molar-refractivity contribution is 5.83. The molecule has 0 saturated heterocycles. The molecule has 0 amide bonds. The highest BCUT2D eigenvalue weighted by atomic mass is 16.7. The summed E-state index contributed by atoms with van der Waals surface area (Å²) in [5, 5.41) is 26.8. The Labute approximate surface area is 81.2 Å². The van der Waals surface area contributed by atoms with Crippen molar-refractivity contribution >= 4 is 16.7 Å². The minimum Gasteiger partial charge on any atom is -0.339 e. The molecule has 2 aromatic rings. The summed E-state index contributed by atoms with van der Waals surface area (Å²) in [4.78, 5) is 20.7. The van der Waals surface area contributed by atoms with Crippen LogP contribution in [0, 0.1) is 20.2 Å². The van der Waals surface area contributed by atoms with Crippen molar-refractivity contribution in [2.24, 2.45) is 0 Å². The molecular formula is C6H3N5O4. The van der Waals surface area contributed by atoms with Gasteiger partial charge in [0.05, 0.1) is 14.7 Å². The number of rotatable bonds is 2. The fraction of sp³-hybridized carbons (Fsp3) is 0. The van der Waals surface area contributed by atoms with Gasteiger partial charge in [-0.1, -0.05) is 6.07 Å². The Kier molecular flexibility index (Phi) is 1.78. The van der Waals surface area contributed by atoms with E-state index in [2.05, 4.69) is 10.3 Å². The topological polar surface area (TPSA) is 117 Å². The predicted molar refractivity (Wildman–Crippen MR) is 46.6 cm³/mol. The number of nitro groups is 2. The van der Waals surface area contributed by atoms with Gasteiger partial charge in [-0.15, -0.1) is 0 Å². The van der Waals surface area contributed by atoms with Gasteiger partial charge >= 0.3 is 5.69 Å². The van der Waals surface area contributed by atoms with E-state index >= 15 is 0 Å². The monoisotopic (exact) mass is 209 g/mol. The molecule has 9 heteroatoms. The number of benzene rings is 1. The first-order valence-corrected chi connectivity index (χ1v) is 3.75. The zero-order valence-electron chi connectivity index (χ0n) is 7.10. The smallest absolute Gasteiger partial charge is 0.301 e. The summed E-state index contributed by atoms with van der Waals surface area (Å²) in [6.07, 6.45) is 0. The fourth-order valence-electron chi connectivity index (χ4n) is 1.19. The van der Waals surface area contributed by atoms with Crippen LogP contribution in [0.2, 0.25) is 0 Å². The van der Waals surface area contributed by atoms with Crippen LogP contribution in [0.1, 0.15) is 0 Å². The number of aromatic nitrogens is 3. The highest BCUT2D eigenvalue weighted by Gasteiger charge is 2.22. The van der Waals surface area contributed by atoms with Crippen molar-refractivity contribution in [1.29, 1.82) is 0 Å². The second-order valence-corrected chi connectivity index (χ2v) is 2.62. The molecule has 0 atom stereocenters. The van der Waals surface area contributed by atoms with Gasteiger partial charge in [0.1, 0.15) is 0 Å². The molecule has 0 aliphatic heterocycles. The first-order chi connectivity index (χ1) is 7.11. The van der Waals surface area contributed by atoms with Gasteiger partial charge in [0.15, 0.2) is 10.7 Å². The van der Waals surface area contributed by atoms with Crippen molar-refractivity contribution in [1.82, 2.24) is 15.1 Å². The Morgan fingerprint density at radius 3 is 2.60 bits per heavy atom. The molecule has 0 bridgehead atoms. The molecule has 0 spiro atoms. The van der Waals surface area contributed by atoms with Gasteiger partial charge < -0.3 is 10.1 Å². The molecule has 0 saturated carbocycles. The van der Waals surface area contributed by atoms with Gasteiger partial charge in [-0.2, -0.15) is 0 Å². The lowest BCUT2D eigenvalue weighted by Gasteiger charge is -1.92. The number of nitro benzene ring substituents is 1. The van der Waals surface area contributed by atoms with Gasteiger partial charge in [-0.05, 0) is 11.2 Å². The van der Waals surface area contributed by atoms with Crippen molar-refractivity contribution in [2.75, 3.05) is 0 Å². The average molecular weight is 209 g/mol. The molecule has 1 aromatic heterocycles. The SMILES string of the molecule is O=[N+]([O-])c1cccc2c1nnn2[N+](=O)[O-]. The minimum absolute atomic E-state index is 0.00537. The number of non-ortho nitro benzene ring substituents is 1. The summed E-state index contributed by atoms with van der Waals surface area (Å²) in [6.45, 7) is 0. The van der Waals surface area contributed by atoms with E-state index in [9.17, 15) is 20.2 Å². The Hall–Kier alpha value is -2.58. The van der Waals surface area contributed by atoms with Crippen LogP contribution >= 0.6 is 0 Å². The molecule has 15 heavy (non-hydrogen) atoms. The zero-order valence-corrected chi connectivity index (χ0v) is 7.10. The quantitative estimate of drug-likeness (QED) is 0.521. The molecule has 2 rings (SSSR count). The lowest BCUT2D eigenvalue weighted by atomic mass is 10.3. The summed E-state index contributed by atoms with van der Waals surface area (Å²) in [6, 6.07) is 3.89. The van der Waals surface area contributed by atoms with E-state index in [-0.39, 0.29) is 16.7 Å². The maximum atomic E-state index is 10.6. The third-order valence-electron chi connectivity index (χ3n) is 1.79. The molecular weight excluding hydrogens is 206 g/mol. The second-order valence-electron chi connectivity index (χ2n) is 2.62. The summed E-state index contributed by atoms with van der Waals surface area (Å²) in [5.41, 5.74) is -0.408. The number of hydrogen-bond acceptors (Lipinski definition) is 6. The third-order valence-corrected chi connectivity index (χ3v) is 1.79. The van der Waals surface area contributed by atoms with Crippen molar-refractivity contribution in [3.05, 3.63) is 38.4 Å². The first-order valence-electron chi connectivity index (χ1n) is 3.75. The Bertz CT molecular complexity index is 562.